The van der Waals surface area contributed by atoms with Gasteiger partial charge in [-0.2, -0.15) is 5.10 Å². The molecule has 7 heteroatoms. The predicted octanol–water partition coefficient (Wildman–Crippen LogP) is 1.64. The summed E-state index contributed by atoms with van der Waals surface area (Å²) < 4.78 is 3.68. The number of nitrogens with zero attached hydrogens (tertiary/aromatic N) is 6. The minimum Gasteiger partial charge on any atom is -0.382 e. The summed E-state index contributed by atoms with van der Waals surface area (Å²) in [6.45, 7) is 8.63. The maximum atomic E-state index is 11.1. The van der Waals surface area contributed by atoms with Crippen molar-refractivity contribution in [2.75, 3.05) is 13.1 Å². The predicted molar refractivity (Wildman–Crippen MR) is 91.4 cm³/mol. The fourth-order valence-electron chi connectivity index (χ4n) is 3.46. The minimum absolute atomic E-state index is 0.247. The van der Waals surface area contributed by atoms with Crippen LogP contribution in [0.3, 0.4) is 0 Å². The van der Waals surface area contributed by atoms with Crippen molar-refractivity contribution < 1.29 is 5.11 Å². The summed E-state index contributed by atoms with van der Waals surface area (Å²) in [6.07, 6.45) is 6.58. The average molecular weight is 332 g/mol. The number of hydrogen-bond donors (Lipinski definition) is 1. The summed E-state index contributed by atoms with van der Waals surface area (Å²) in [5, 5.41) is 24.0. The van der Waals surface area contributed by atoms with Crippen molar-refractivity contribution in [3.8, 4) is 0 Å². The van der Waals surface area contributed by atoms with Crippen LogP contribution in [0.2, 0.25) is 0 Å². The van der Waals surface area contributed by atoms with Crippen LogP contribution in [0, 0.1) is 0 Å². The number of hydrogen-bond acceptors (Lipinski definition) is 5. The highest BCUT2D eigenvalue weighted by molar-refractivity contribution is 5.18. The van der Waals surface area contributed by atoms with Gasteiger partial charge in [0.15, 0.2) is 0 Å². The van der Waals surface area contributed by atoms with Crippen LogP contribution in [0.15, 0.2) is 12.4 Å². The van der Waals surface area contributed by atoms with E-state index in [2.05, 4.69) is 47.3 Å². The van der Waals surface area contributed by atoms with E-state index in [0.717, 1.165) is 38.0 Å². The van der Waals surface area contributed by atoms with Crippen molar-refractivity contribution in [3.63, 3.8) is 0 Å². The van der Waals surface area contributed by atoms with E-state index in [1.165, 1.54) is 5.56 Å². The van der Waals surface area contributed by atoms with Crippen LogP contribution in [0.25, 0.3) is 0 Å². The van der Waals surface area contributed by atoms with Gasteiger partial charge >= 0.3 is 0 Å². The van der Waals surface area contributed by atoms with Gasteiger partial charge in [0.1, 0.15) is 11.3 Å². The van der Waals surface area contributed by atoms with E-state index in [0.29, 0.717) is 12.2 Å². The Bertz CT molecular complexity index is 691. The molecule has 1 unspecified atom stereocenters. The van der Waals surface area contributed by atoms with Gasteiger partial charge in [0.25, 0.3) is 0 Å². The van der Waals surface area contributed by atoms with Crippen LogP contribution in [0.1, 0.15) is 56.6 Å². The van der Waals surface area contributed by atoms with E-state index in [-0.39, 0.29) is 6.04 Å². The van der Waals surface area contributed by atoms with Gasteiger partial charge in [-0.3, -0.25) is 9.58 Å². The van der Waals surface area contributed by atoms with Crippen LogP contribution < -0.4 is 0 Å². The molecule has 132 valence electrons. The number of likely N-dealkylation sites (tertiary alicyclic amines) is 1. The van der Waals surface area contributed by atoms with Crippen molar-refractivity contribution in [2.45, 2.75) is 58.2 Å². The molecule has 0 radical (unpaired) electrons. The minimum atomic E-state index is -0.917. The van der Waals surface area contributed by atoms with Gasteiger partial charge in [-0.05, 0) is 39.7 Å². The Morgan fingerprint density at radius 2 is 2.12 bits per heavy atom. The molecule has 0 saturated carbocycles. The molecule has 2 aromatic heterocycles. The molecular formula is C17H28N6O. The molecule has 24 heavy (non-hydrogen) atoms. The molecule has 3 heterocycles. The second-order valence-electron chi connectivity index (χ2n) is 7.15. The Morgan fingerprint density at radius 3 is 2.79 bits per heavy atom. The van der Waals surface area contributed by atoms with Gasteiger partial charge in [-0.15, -0.1) is 5.10 Å². The second-order valence-corrected chi connectivity index (χ2v) is 7.15. The molecule has 1 aliphatic rings. The zero-order chi connectivity index (χ0) is 17.3. The summed E-state index contributed by atoms with van der Waals surface area (Å²) >= 11 is 0. The molecule has 3 rings (SSSR count). The Kier molecular flexibility index (Phi) is 4.73. The number of piperidine rings is 1. The van der Waals surface area contributed by atoms with Crippen LogP contribution in [-0.2, 0) is 25.6 Å². The Morgan fingerprint density at radius 1 is 1.33 bits per heavy atom. The van der Waals surface area contributed by atoms with E-state index in [4.69, 9.17) is 0 Å². The molecule has 0 aromatic carbocycles. The third-order valence-corrected chi connectivity index (χ3v) is 4.79. The van der Waals surface area contributed by atoms with Gasteiger partial charge in [-0.25, -0.2) is 4.68 Å². The molecule has 1 aliphatic heterocycles. The van der Waals surface area contributed by atoms with Crippen LogP contribution in [0.4, 0.5) is 0 Å². The van der Waals surface area contributed by atoms with Crippen molar-refractivity contribution in [3.05, 3.63) is 29.3 Å². The molecule has 1 N–H and O–H groups in total. The lowest BCUT2D eigenvalue weighted by atomic mass is 9.89. The Labute approximate surface area is 143 Å². The van der Waals surface area contributed by atoms with Crippen LogP contribution >= 0.6 is 0 Å². The largest absolute Gasteiger partial charge is 0.382 e. The number of aromatic nitrogens is 5. The molecule has 0 amide bonds. The maximum Gasteiger partial charge on any atom is 0.123 e. The normalized spacial score (nSPS) is 22.4. The van der Waals surface area contributed by atoms with Gasteiger partial charge in [0, 0.05) is 37.9 Å². The highest BCUT2D eigenvalue weighted by Gasteiger charge is 2.37. The fourth-order valence-corrected chi connectivity index (χ4v) is 3.46. The van der Waals surface area contributed by atoms with Crippen molar-refractivity contribution >= 4 is 0 Å². The molecule has 0 aliphatic carbocycles. The summed E-state index contributed by atoms with van der Waals surface area (Å²) in [4.78, 5) is 2.30. The van der Waals surface area contributed by atoms with E-state index in [1.807, 2.05) is 22.6 Å². The molecule has 1 saturated heterocycles. The summed E-state index contributed by atoms with van der Waals surface area (Å²) in [6, 6.07) is 0.247. The standard InChI is InChI=1S/C17H28N6O/c1-5-15-14(9-21(4)19-15)10-22-8-6-7-17(24,12-22)16-11-23(13(2)3)20-18-16/h9,11,13,24H,5-8,10,12H2,1-4H3. The molecule has 2 aromatic rings. The zero-order valence-electron chi connectivity index (χ0n) is 15.1. The van der Waals surface area contributed by atoms with Crippen molar-refractivity contribution in [2.24, 2.45) is 7.05 Å². The first-order chi connectivity index (χ1) is 11.4. The second kappa shape index (κ2) is 6.64. The van der Waals surface area contributed by atoms with Gasteiger partial charge in [0.05, 0.1) is 11.9 Å². The maximum absolute atomic E-state index is 11.1. The molecule has 0 bridgehead atoms. The Hall–Kier alpha value is -1.73. The quantitative estimate of drug-likeness (QED) is 0.901. The lowest BCUT2D eigenvalue weighted by Gasteiger charge is -2.37. The average Bonchev–Trinajstić information content (AvgIpc) is 3.14. The highest BCUT2D eigenvalue weighted by atomic mass is 16.3. The van der Waals surface area contributed by atoms with E-state index in [9.17, 15) is 5.11 Å². The number of aryl methyl sites for hydroxylation is 2. The van der Waals surface area contributed by atoms with E-state index in [1.54, 1.807) is 0 Å². The molecule has 7 nitrogen and oxygen atoms in total. The van der Waals surface area contributed by atoms with Crippen molar-refractivity contribution in [1.29, 1.82) is 0 Å². The zero-order valence-corrected chi connectivity index (χ0v) is 15.1. The van der Waals surface area contributed by atoms with E-state index >= 15 is 0 Å². The van der Waals surface area contributed by atoms with Crippen LogP contribution in [0.5, 0.6) is 0 Å². The number of aliphatic hydroxyl groups is 1. The van der Waals surface area contributed by atoms with Crippen molar-refractivity contribution in [1.82, 2.24) is 29.7 Å². The third-order valence-electron chi connectivity index (χ3n) is 4.79. The monoisotopic (exact) mass is 332 g/mol. The lowest BCUT2D eigenvalue weighted by Crippen LogP contribution is -2.46. The van der Waals surface area contributed by atoms with Crippen LogP contribution in [-0.4, -0.2) is 47.9 Å². The van der Waals surface area contributed by atoms with Gasteiger partial charge < -0.3 is 5.11 Å². The first-order valence-corrected chi connectivity index (χ1v) is 8.79. The smallest absolute Gasteiger partial charge is 0.123 e. The highest BCUT2D eigenvalue weighted by Crippen LogP contribution is 2.31. The first-order valence-electron chi connectivity index (χ1n) is 8.79. The third kappa shape index (κ3) is 3.37. The molecule has 0 spiro atoms. The SMILES string of the molecule is CCc1nn(C)cc1CN1CCCC(O)(c2cn(C(C)C)nn2)C1. The summed E-state index contributed by atoms with van der Waals surface area (Å²) in [7, 11) is 1.96. The lowest BCUT2D eigenvalue weighted by molar-refractivity contribution is -0.0415. The first kappa shape index (κ1) is 17.1. The number of β-amino-alcohol motifs (C(OH)–C–C–N with tert-alkyl or cyclic N) is 1. The Balaban J connectivity index is 1.75. The van der Waals surface area contributed by atoms with Gasteiger partial charge in [-0.1, -0.05) is 12.1 Å². The molecule has 1 atom stereocenters. The van der Waals surface area contributed by atoms with Gasteiger partial charge in [0.2, 0.25) is 0 Å². The summed E-state index contributed by atoms with van der Waals surface area (Å²) in [5.41, 5.74) is 2.15. The topological polar surface area (TPSA) is 72.0 Å². The number of rotatable bonds is 5. The van der Waals surface area contributed by atoms with E-state index < -0.39 is 5.60 Å². The molecule has 1 fully saturated rings. The fraction of sp³-hybridized carbons (Fsp3) is 0.706. The molecular weight excluding hydrogens is 304 g/mol. The summed E-state index contributed by atoms with van der Waals surface area (Å²) in [5.74, 6) is 0.